The lowest BCUT2D eigenvalue weighted by molar-refractivity contribution is 0.101. The van der Waals surface area contributed by atoms with E-state index >= 15 is 0 Å². The SMILES string of the molecule is COc1ccccc1N(C)c1ccc(C(C)=O)cc1Br. The highest BCUT2D eigenvalue weighted by Gasteiger charge is 2.13. The van der Waals surface area contributed by atoms with Gasteiger partial charge in [0.25, 0.3) is 0 Å². The van der Waals surface area contributed by atoms with Crippen molar-refractivity contribution in [2.75, 3.05) is 19.1 Å². The molecular weight excluding hydrogens is 318 g/mol. The molecule has 0 N–H and O–H groups in total. The summed E-state index contributed by atoms with van der Waals surface area (Å²) < 4.78 is 6.25. The van der Waals surface area contributed by atoms with Crippen molar-refractivity contribution >= 4 is 33.1 Å². The molecule has 0 bridgehead atoms. The fourth-order valence-electron chi connectivity index (χ4n) is 2.03. The van der Waals surface area contributed by atoms with Crippen LogP contribution in [0.3, 0.4) is 0 Å². The number of rotatable bonds is 4. The first kappa shape index (κ1) is 14.6. The molecule has 0 atom stereocenters. The van der Waals surface area contributed by atoms with Gasteiger partial charge < -0.3 is 9.64 Å². The van der Waals surface area contributed by atoms with Crippen molar-refractivity contribution in [3.05, 3.63) is 52.5 Å². The molecule has 2 aromatic rings. The van der Waals surface area contributed by atoms with E-state index in [1.54, 1.807) is 14.0 Å². The molecule has 0 aromatic heterocycles. The van der Waals surface area contributed by atoms with Crippen molar-refractivity contribution < 1.29 is 9.53 Å². The molecule has 0 fully saturated rings. The molecule has 2 aromatic carbocycles. The van der Waals surface area contributed by atoms with Crippen LogP contribution in [0.25, 0.3) is 0 Å². The molecular formula is C16H16BrNO2. The van der Waals surface area contributed by atoms with Crippen molar-refractivity contribution in [2.45, 2.75) is 6.92 Å². The quantitative estimate of drug-likeness (QED) is 0.775. The molecule has 0 heterocycles. The topological polar surface area (TPSA) is 29.5 Å². The number of hydrogen-bond donors (Lipinski definition) is 0. The molecule has 20 heavy (non-hydrogen) atoms. The lowest BCUT2D eigenvalue weighted by atomic mass is 10.1. The molecule has 0 unspecified atom stereocenters. The van der Waals surface area contributed by atoms with Gasteiger partial charge in [0.2, 0.25) is 0 Å². The van der Waals surface area contributed by atoms with Crippen molar-refractivity contribution in [3.63, 3.8) is 0 Å². The van der Waals surface area contributed by atoms with Gasteiger partial charge >= 0.3 is 0 Å². The van der Waals surface area contributed by atoms with Gasteiger partial charge in [-0.25, -0.2) is 0 Å². The summed E-state index contributed by atoms with van der Waals surface area (Å²) in [4.78, 5) is 13.4. The lowest BCUT2D eigenvalue weighted by Crippen LogP contribution is -2.11. The van der Waals surface area contributed by atoms with Crippen LogP contribution in [0.4, 0.5) is 11.4 Å². The standard InChI is InChI=1S/C16H16BrNO2/c1-11(19)12-8-9-14(13(17)10-12)18(2)15-6-4-5-7-16(15)20-3/h4-10H,1-3H3. The molecule has 0 saturated carbocycles. The molecule has 4 heteroatoms. The Morgan fingerprint density at radius 2 is 1.85 bits per heavy atom. The van der Waals surface area contributed by atoms with Crippen LogP contribution in [0.1, 0.15) is 17.3 Å². The Morgan fingerprint density at radius 3 is 2.45 bits per heavy atom. The normalized spacial score (nSPS) is 10.2. The maximum absolute atomic E-state index is 11.4. The third kappa shape index (κ3) is 2.85. The predicted octanol–water partition coefficient (Wildman–Crippen LogP) is 4.43. The van der Waals surface area contributed by atoms with Gasteiger partial charge in [0.15, 0.2) is 5.78 Å². The van der Waals surface area contributed by atoms with Crippen LogP contribution in [-0.2, 0) is 0 Å². The fraction of sp³-hybridized carbons (Fsp3) is 0.188. The summed E-state index contributed by atoms with van der Waals surface area (Å²) in [6, 6.07) is 13.4. The first-order valence-corrected chi connectivity index (χ1v) is 7.01. The predicted molar refractivity (Wildman–Crippen MR) is 85.2 cm³/mol. The Labute approximate surface area is 127 Å². The number of carbonyl (C=O) groups excluding carboxylic acids is 1. The van der Waals surface area contributed by atoms with Gasteiger partial charge in [-0.1, -0.05) is 12.1 Å². The fourth-order valence-corrected chi connectivity index (χ4v) is 2.68. The van der Waals surface area contributed by atoms with Gasteiger partial charge in [0.05, 0.1) is 18.5 Å². The summed E-state index contributed by atoms with van der Waals surface area (Å²) in [5.74, 6) is 0.856. The minimum atomic E-state index is 0.0530. The Bertz CT molecular complexity index is 640. The van der Waals surface area contributed by atoms with Crippen LogP contribution in [0, 0.1) is 0 Å². The second kappa shape index (κ2) is 6.09. The van der Waals surface area contributed by atoms with Gasteiger partial charge in [-0.05, 0) is 53.2 Å². The summed E-state index contributed by atoms with van der Waals surface area (Å²) in [6.45, 7) is 1.56. The van der Waals surface area contributed by atoms with E-state index in [0.717, 1.165) is 21.6 Å². The van der Waals surface area contributed by atoms with Crippen molar-refractivity contribution in [3.8, 4) is 5.75 Å². The van der Waals surface area contributed by atoms with Gasteiger partial charge in [0, 0.05) is 17.1 Å². The Balaban J connectivity index is 2.43. The molecule has 0 spiro atoms. The molecule has 104 valence electrons. The van der Waals surface area contributed by atoms with E-state index in [0.29, 0.717) is 5.56 Å². The number of methoxy groups -OCH3 is 1. The number of nitrogens with zero attached hydrogens (tertiary/aromatic N) is 1. The van der Waals surface area contributed by atoms with Crippen LogP contribution >= 0.6 is 15.9 Å². The van der Waals surface area contributed by atoms with E-state index in [2.05, 4.69) is 15.9 Å². The lowest BCUT2D eigenvalue weighted by Gasteiger charge is -2.23. The molecule has 0 aliphatic carbocycles. The first-order valence-electron chi connectivity index (χ1n) is 6.22. The van der Waals surface area contributed by atoms with E-state index < -0.39 is 0 Å². The van der Waals surface area contributed by atoms with Crippen LogP contribution in [-0.4, -0.2) is 19.9 Å². The number of hydrogen-bond acceptors (Lipinski definition) is 3. The molecule has 0 saturated heterocycles. The Hall–Kier alpha value is -1.81. The van der Waals surface area contributed by atoms with Gasteiger partial charge in [-0.3, -0.25) is 4.79 Å². The van der Waals surface area contributed by atoms with E-state index in [-0.39, 0.29) is 5.78 Å². The summed E-state index contributed by atoms with van der Waals surface area (Å²) >= 11 is 3.53. The number of benzene rings is 2. The highest BCUT2D eigenvalue weighted by atomic mass is 79.9. The minimum absolute atomic E-state index is 0.0530. The third-order valence-corrected chi connectivity index (χ3v) is 3.80. The third-order valence-electron chi connectivity index (χ3n) is 3.16. The summed E-state index contributed by atoms with van der Waals surface area (Å²) in [7, 11) is 3.62. The zero-order valence-corrected chi connectivity index (χ0v) is 13.3. The van der Waals surface area contributed by atoms with Crippen molar-refractivity contribution in [2.24, 2.45) is 0 Å². The Morgan fingerprint density at radius 1 is 1.15 bits per heavy atom. The van der Waals surface area contributed by atoms with E-state index in [4.69, 9.17) is 4.74 Å². The van der Waals surface area contributed by atoms with Crippen LogP contribution in [0.15, 0.2) is 46.9 Å². The summed E-state index contributed by atoms with van der Waals surface area (Å²) in [6.07, 6.45) is 0. The zero-order valence-electron chi connectivity index (χ0n) is 11.7. The Kier molecular flexibility index (Phi) is 4.45. The van der Waals surface area contributed by atoms with Crippen molar-refractivity contribution in [1.29, 1.82) is 0 Å². The largest absolute Gasteiger partial charge is 0.495 e. The van der Waals surface area contributed by atoms with Crippen molar-refractivity contribution in [1.82, 2.24) is 0 Å². The zero-order chi connectivity index (χ0) is 14.7. The molecule has 0 radical (unpaired) electrons. The number of para-hydroxylation sites is 2. The van der Waals surface area contributed by atoms with Gasteiger partial charge in [-0.2, -0.15) is 0 Å². The highest BCUT2D eigenvalue weighted by Crippen LogP contribution is 2.36. The van der Waals surface area contributed by atoms with Crippen LogP contribution in [0.5, 0.6) is 5.75 Å². The number of ether oxygens (including phenoxy) is 1. The summed E-state index contributed by atoms with van der Waals surface area (Å²) in [5.41, 5.74) is 2.62. The maximum Gasteiger partial charge on any atom is 0.159 e. The smallest absolute Gasteiger partial charge is 0.159 e. The number of carbonyl (C=O) groups is 1. The average Bonchev–Trinajstić information content (AvgIpc) is 2.46. The average molecular weight is 334 g/mol. The van der Waals surface area contributed by atoms with Crippen LogP contribution < -0.4 is 9.64 Å². The first-order chi connectivity index (χ1) is 9.54. The van der Waals surface area contributed by atoms with Gasteiger partial charge in [0.1, 0.15) is 5.75 Å². The molecule has 3 nitrogen and oxygen atoms in total. The number of anilines is 2. The number of Topliss-reactive ketones (excluding diaryl/α,β-unsaturated/α-hetero) is 1. The summed E-state index contributed by atoms with van der Waals surface area (Å²) in [5, 5.41) is 0. The molecule has 2 rings (SSSR count). The second-order valence-electron chi connectivity index (χ2n) is 4.45. The van der Waals surface area contributed by atoms with E-state index in [1.807, 2.05) is 54.4 Å². The van der Waals surface area contributed by atoms with Crippen LogP contribution in [0.2, 0.25) is 0 Å². The number of halogens is 1. The minimum Gasteiger partial charge on any atom is -0.495 e. The second-order valence-corrected chi connectivity index (χ2v) is 5.31. The molecule has 0 aliphatic heterocycles. The van der Waals surface area contributed by atoms with Gasteiger partial charge in [-0.15, -0.1) is 0 Å². The number of ketones is 1. The molecule has 0 aliphatic rings. The maximum atomic E-state index is 11.4. The van der Waals surface area contributed by atoms with E-state index in [9.17, 15) is 4.79 Å². The molecule has 0 amide bonds. The van der Waals surface area contributed by atoms with E-state index in [1.165, 1.54) is 0 Å². The highest BCUT2D eigenvalue weighted by molar-refractivity contribution is 9.10. The monoisotopic (exact) mass is 333 g/mol.